The Kier molecular flexibility index (Phi) is 4.42. The van der Waals surface area contributed by atoms with Crippen molar-refractivity contribution in [3.05, 3.63) is 17.0 Å². The summed E-state index contributed by atoms with van der Waals surface area (Å²) < 4.78 is 10.4. The Morgan fingerprint density at radius 3 is 2.89 bits per heavy atom. The second kappa shape index (κ2) is 6.06. The molecule has 2 amide bonds. The number of urea groups is 1. The number of hydrogen-bond acceptors (Lipinski definition) is 4. The molecule has 2 rings (SSSR count). The molecule has 1 aromatic heterocycles. The minimum absolute atomic E-state index is 0.0769. The van der Waals surface area contributed by atoms with Gasteiger partial charge in [0, 0.05) is 31.7 Å². The highest BCUT2D eigenvalue weighted by Crippen LogP contribution is 2.14. The van der Waals surface area contributed by atoms with E-state index in [2.05, 4.69) is 10.5 Å². The zero-order valence-corrected chi connectivity index (χ0v) is 11.7. The number of nitrogens with one attached hydrogen (secondary N) is 1. The number of hydrogen-bond donors (Lipinski definition) is 1. The average Bonchev–Trinajstić information content (AvgIpc) is 3.00. The zero-order chi connectivity index (χ0) is 13.8. The molecule has 1 aromatic rings. The molecule has 1 fully saturated rings. The van der Waals surface area contributed by atoms with Gasteiger partial charge in [0.1, 0.15) is 5.76 Å². The van der Waals surface area contributed by atoms with Crippen LogP contribution in [0.15, 0.2) is 4.52 Å². The Hall–Kier alpha value is -1.56. The lowest BCUT2D eigenvalue weighted by Crippen LogP contribution is -2.39. The second-order valence-corrected chi connectivity index (χ2v) is 5.07. The molecule has 1 aliphatic rings. The zero-order valence-electron chi connectivity index (χ0n) is 11.7. The van der Waals surface area contributed by atoms with Crippen molar-refractivity contribution in [2.75, 3.05) is 26.8 Å². The van der Waals surface area contributed by atoms with E-state index in [0.717, 1.165) is 36.7 Å². The topological polar surface area (TPSA) is 67.6 Å². The van der Waals surface area contributed by atoms with Crippen LogP contribution in [0.5, 0.6) is 0 Å². The van der Waals surface area contributed by atoms with Crippen LogP contribution in [-0.2, 0) is 11.3 Å². The van der Waals surface area contributed by atoms with E-state index < -0.39 is 0 Å². The SMILES string of the molecule is Cc1noc(C)c1CN(C)C(=O)NCC1CCOC1. The van der Waals surface area contributed by atoms with Crippen molar-refractivity contribution in [2.45, 2.75) is 26.8 Å². The average molecular weight is 267 g/mol. The predicted molar refractivity (Wildman–Crippen MR) is 69.8 cm³/mol. The van der Waals surface area contributed by atoms with Gasteiger partial charge in [0.25, 0.3) is 0 Å². The normalized spacial score (nSPS) is 18.6. The summed E-state index contributed by atoms with van der Waals surface area (Å²) in [6, 6.07) is -0.0769. The molecule has 1 N–H and O–H groups in total. The molecule has 6 heteroatoms. The molecule has 106 valence electrons. The van der Waals surface area contributed by atoms with Crippen molar-refractivity contribution in [2.24, 2.45) is 5.92 Å². The maximum atomic E-state index is 12.0. The lowest BCUT2D eigenvalue weighted by Gasteiger charge is -2.19. The maximum Gasteiger partial charge on any atom is 0.317 e. The molecule has 1 saturated heterocycles. The molecule has 0 aliphatic carbocycles. The Morgan fingerprint density at radius 1 is 1.53 bits per heavy atom. The molecule has 6 nitrogen and oxygen atoms in total. The Bertz CT molecular complexity index is 419. The third-order valence-electron chi connectivity index (χ3n) is 3.49. The van der Waals surface area contributed by atoms with Gasteiger partial charge in [-0.05, 0) is 20.3 Å². The molecule has 2 heterocycles. The Balaban J connectivity index is 1.82. The number of rotatable bonds is 4. The summed E-state index contributed by atoms with van der Waals surface area (Å²) >= 11 is 0. The van der Waals surface area contributed by atoms with Crippen LogP contribution in [0.3, 0.4) is 0 Å². The van der Waals surface area contributed by atoms with Crippen LogP contribution in [0.25, 0.3) is 0 Å². The molecular weight excluding hydrogens is 246 g/mol. The number of amides is 2. The Morgan fingerprint density at radius 2 is 2.32 bits per heavy atom. The summed E-state index contributed by atoms with van der Waals surface area (Å²) in [7, 11) is 1.77. The van der Waals surface area contributed by atoms with E-state index in [1.807, 2.05) is 13.8 Å². The van der Waals surface area contributed by atoms with Crippen LogP contribution in [0.1, 0.15) is 23.4 Å². The molecule has 1 atom stereocenters. The van der Waals surface area contributed by atoms with Gasteiger partial charge >= 0.3 is 6.03 Å². The fraction of sp³-hybridized carbons (Fsp3) is 0.692. The van der Waals surface area contributed by atoms with Gasteiger partial charge in [0.15, 0.2) is 0 Å². The van der Waals surface area contributed by atoms with Gasteiger partial charge in [0.05, 0.1) is 18.8 Å². The molecular formula is C13H21N3O3. The second-order valence-electron chi connectivity index (χ2n) is 5.07. The molecule has 0 saturated carbocycles. The summed E-state index contributed by atoms with van der Waals surface area (Å²) in [6.45, 7) is 6.46. The standard InChI is InChI=1S/C13H21N3O3/c1-9-12(10(2)19-15-9)7-16(3)13(17)14-6-11-4-5-18-8-11/h11H,4-8H2,1-3H3,(H,14,17). The van der Waals surface area contributed by atoms with Crippen LogP contribution in [0, 0.1) is 19.8 Å². The van der Waals surface area contributed by atoms with Crippen molar-refractivity contribution in [3.8, 4) is 0 Å². The van der Waals surface area contributed by atoms with Gasteiger partial charge in [-0.15, -0.1) is 0 Å². The highest BCUT2D eigenvalue weighted by Gasteiger charge is 2.19. The van der Waals surface area contributed by atoms with E-state index in [9.17, 15) is 4.79 Å². The minimum Gasteiger partial charge on any atom is -0.381 e. The molecule has 19 heavy (non-hydrogen) atoms. The van der Waals surface area contributed by atoms with Crippen LogP contribution >= 0.6 is 0 Å². The van der Waals surface area contributed by atoms with E-state index >= 15 is 0 Å². The molecule has 0 bridgehead atoms. The summed E-state index contributed by atoms with van der Waals surface area (Å²) in [6.07, 6.45) is 1.02. The number of carbonyl (C=O) groups is 1. The summed E-state index contributed by atoms with van der Waals surface area (Å²) in [5.41, 5.74) is 1.81. The van der Waals surface area contributed by atoms with E-state index in [4.69, 9.17) is 9.26 Å². The van der Waals surface area contributed by atoms with E-state index in [1.54, 1.807) is 11.9 Å². The van der Waals surface area contributed by atoms with Gasteiger partial charge in [-0.25, -0.2) is 4.79 Å². The number of nitrogens with zero attached hydrogens (tertiary/aromatic N) is 2. The van der Waals surface area contributed by atoms with Crippen molar-refractivity contribution in [1.82, 2.24) is 15.4 Å². The first-order valence-electron chi connectivity index (χ1n) is 6.56. The highest BCUT2D eigenvalue weighted by molar-refractivity contribution is 5.73. The minimum atomic E-state index is -0.0769. The van der Waals surface area contributed by atoms with Crippen LogP contribution in [0.4, 0.5) is 4.79 Å². The largest absolute Gasteiger partial charge is 0.381 e. The van der Waals surface area contributed by atoms with Crippen molar-refractivity contribution < 1.29 is 14.1 Å². The quantitative estimate of drug-likeness (QED) is 0.897. The lowest BCUT2D eigenvalue weighted by molar-refractivity contribution is 0.182. The van der Waals surface area contributed by atoms with E-state index in [1.165, 1.54) is 0 Å². The van der Waals surface area contributed by atoms with Gasteiger partial charge < -0.3 is 19.5 Å². The molecule has 1 unspecified atom stereocenters. The van der Waals surface area contributed by atoms with Gasteiger partial charge in [-0.1, -0.05) is 5.16 Å². The van der Waals surface area contributed by atoms with Crippen LogP contribution in [0.2, 0.25) is 0 Å². The molecule has 0 spiro atoms. The van der Waals surface area contributed by atoms with Crippen molar-refractivity contribution in [1.29, 1.82) is 0 Å². The summed E-state index contributed by atoms with van der Waals surface area (Å²) in [4.78, 5) is 13.6. The highest BCUT2D eigenvalue weighted by atomic mass is 16.5. The van der Waals surface area contributed by atoms with Crippen molar-refractivity contribution >= 4 is 6.03 Å². The molecule has 0 aromatic carbocycles. The van der Waals surface area contributed by atoms with Crippen LogP contribution < -0.4 is 5.32 Å². The number of ether oxygens (including phenoxy) is 1. The lowest BCUT2D eigenvalue weighted by atomic mass is 10.1. The summed E-state index contributed by atoms with van der Waals surface area (Å²) in [5, 5.41) is 6.82. The smallest absolute Gasteiger partial charge is 0.317 e. The number of aryl methyl sites for hydroxylation is 2. The van der Waals surface area contributed by atoms with E-state index in [-0.39, 0.29) is 6.03 Å². The first-order chi connectivity index (χ1) is 9.08. The maximum absolute atomic E-state index is 12.0. The van der Waals surface area contributed by atoms with E-state index in [0.29, 0.717) is 19.0 Å². The first kappa shape index (κ1) is 13.9. The van der Waals surface area contributed by atoms with Gasteiger partial charge in [0.2, 0.25) is 0 Å². The first-order valence-corrected chi connectivity index (χ1v) is 6.56. The fourth-order valence-corrected chi connectivity index (χ4v) is 2.15. The van der Waals surface area contributed by atoms with Crippen LogP contribution in [-0.4, -0.2) is 42.9 Å². The fourth-order valence-electron chi connectivity index (χ4n) is 2.15. The predicted octanol–water partition coefficient (Wildman–Crippen LogP) is 1.47. The summed E-state index contributed by atoms with van der Waals surface area (Å²) in [5.74, 6) is 1.21. The molecule has 1 aliphatic heterocycles. The van der Waals surface area contributed by atoms with Gasteiger partial charge in [-0.3, -0.25) is 0 Å². The Labute approximate surface area is 113 Å². The monoisotopic (exact) mass is 267 g/mol. The molecule has 0 radical (unpaired) electrons. The number of carbonyl (C=O) groups excluding carboxylic acids is 1. The third kappa shape index (κ3) is 3.47. The van der Waals surface area contributed by atoms with Gasteiger partial charge in [-0.2, -0.15) is 0 Å². The van der Waals surface area contributed by atoms with Crippen molar-refractivity contribution in [3.63, 3.8) is 0 Å². The third-order valence-corrected chi connectivity index (χ3v) is 3.49. The number of aromatic nitrogens is 1.